The fraction of sp³-hybridized carbons (Fsp3) is 0.692. The highest BCUT2D eigenvalue weighted by Gasteiger charge is 2.29. The van der Waals surface area contributed by atoms with E-state index >= 15 is 0 Å². The Morgan fingerprint density at radius 1 is 1.43 bits per heavy atom. The zero-order valence-electron chi connectivity index (χ0n) is 12.6. The molecule has 2 N–H and O–H groups in total. The molecule has 1 aliphatic rings. The summed E-state index contributed by atoms with van der Waals surface area (Å²) in [6, 6.07) is -0.0214. The molecule has 0 radical (unpaired) electrons. The molecule has 0 aliphatic carbocycles. The monoisotopic (exact) mass is 295 g/mol. The molecule has 1 saturated heterocycles. The maximum absolute atomic E-state index is 12.1. The van der Waals surface area contributed by atoms with E-state index in [0.29, 0.717) is 13.1 Å². The first-order chi connectivity index (χ1) is 9.76. The summed E-state index contributed by atoms with van der Waals surface area (Å²) in [6.07, 6.45) is 2.89. The minimum Gasteiger partial charge on any atom is -0.444 e. The first-order valence-corrected chi connectivity index (χ1v) is 6.96. The second kappa shape index (κ2) is 5.71. The van der Waals surface area contributed by atoms with E-state index in [1.165, 1.54) is 6.20 Å². The maximum atomic E-state index is 12.1. The Morgan fingerprint density at radius 3 is 2.71 bits per heavy atom. The number of hydrogen-bond donors (Lipinski definition) is 1. The molecule has 8 nitrogen and oxygen atoms in total. The van der Waals surface area contributed by atoms with Gasteiger partial charge in [0.1, 0.15) is 5.60 Å². The lowest BCUT2D eigenvalue weighted by Gasteiger charge is -2.33. The van der Waals surface area contributed by atoms with Gasteiger partial charge in [0.2, 0.25) is 0 Å². The number of nitrogens with zero attached hydrogens (tertiary/aromatic N) is 4. The molecular formula is C13H21N5O3. The Morgan fingerprint density at radius 2 is 2.14 bits per heavy atom. The normalized spacial score (nSPS) is 19.4. The first kappa shape index (κ1) is 15.3. The Kier molecular flexibility index (Phi) is 4.15. The Bertz CT molecular complexity index is 534. The summed E-state index contributed by atoms with van der Waals surface area (Å²) in [7, 11) is 0. The number of piperidine rings is 1. The van der Waals surface area contributed by atoms with Crippen LogP contribution in [0.1, 0.15) is 50.1 Å². The molecule has 0 spiro atoms. The van der Waals surface area contributed by atoms with Crippen LogP contribution in [0.2, 0.25) is 0 Å². The largest absolute Gasteiger partial charge is 0.444 e. The van der Waals surface area contributed by atoms with Crippen LogP contribution in [-0.2, 0) is 4.74 Å². The van der Waals surface area contributed by atoms with Gasteiger partial charge in [0.15, 0.2) is 5.69 Å². The molecule has 21 heavy (non-hydrogen) atoms. The van der Waals surface area contributed by atoms with Crippen LogP contribution in [0, 0.1) is 0 Å². The molecule has 2 heterocycles. The molecule has 1 aromatic heterocycles. The zero-order chi connectivity index (χ0) is 15.6. The second-order valence-corrected chi connectivity index (χ2v) is 6.17. The van der Waals surface area contributed by atoms with Gasteiger partial charge in [-0.15, -0.1) is 5.10 Å². The fourth-order valence-electron chi connectivity index (χ4n) is 2.23. The SMILES string of the molecule is CC(C)(C)OC(=O)N1CCC[C@@H](n2cc(C(N)=O)nn2)C1. The van der Waals surface area contributed by atoms with Crippen LogP contribution in [0.3, 0.4) is 0 Å². The fourth-order valence-corrected chi connectivity index (χ4v) is 2.23. The molecule has 1 fully saturated rings. The van der Waals surface area contributed by atoms with Gasteiger partial charge in [0.05, 0.1) is 12.2 Å². The number of ether oxygens (including phenoxy) is 1. The van der Waals surface area contributed by atoms with Crippen molar-refractivity contribution in [2.75, 3.05) is 13.1 Å². The van der Waals surface area contributed by atoms with Crippen molar-refractivity contribution < 1.29 is 14.3 Å². The van der Waals surface area contributed by atoms with Crippen molar-refractivity contribution in [3.05, 3.63) is 11.9 Å². The molecule has 0 unspecified atom stereocenters. The standard InChI is InChI=1S/C13H21N5O3/c1-13(2,3)21-12(20)17-6-4-5-9(7-17)18-8-10(11(14)19)15-16-18/h8-9H,4-7H2,1-3H3,(H2,14,19)/t9-/m1/s1. The molecule has 2 amide bonds. The first-order valence-electron chi connectivity index (χ1n) is 6.96. The predicted octanol–water partition coefficient (Wildman–Crippen LogP) is 0.949. The van der Waals surface area contributed by atoms with E-state index in [0.717, 1.165) is 12.8 Å². The molecule has 1 atom stereocenters. The maximum Gasteiger partial charge on any atom is 0.410 e. The number of carbonyl (C=O) groups is 2. The summed E-state index contributed by atoms with van der Waals surface area (Å²) in [4.78, 5) is 24.8. The van der Waals surface area contributed by atoms with E-state index < -0.39 is 11.5 Å². The number of carbonyl (C=O) groups excluding carboxylic acids is 2. The summed E-state index contributed by atoms with van der Waals surface area (Å²) in [5.74, 6) is -0.610. The van der Waals surface area contributed by atoms with Gasteiger partial charge < -0.3 is 15.4 Å². The number of amides is 2. The van der Waals surface area contributed by atoms with Crippen LogP contribution in [0.15, 0.2) is 6.20 Å². The van der Waals surface area contributed by atoms with E-state index in [2.05, 4.69) is 10.3 Å². The Hall–Kier alpha value is -2.12. The Balaban J connectivity index is 2.03. The van der Waals surface area contributed by atoms with Gasteiger partial charge >= 0.3 is 6.09 Å². The molecule has 1 aliphatic heterocycles. The van der Waals surface area contributed by atoms with Gasteiger partial charge in [-0.05, 0) is 33.6 Å². The average molecular weight is 295 g/mol. The molecule has 8 heteroatoms. The van der Waals surface area contributed by atoms with Gasteiger partial charge in [-0.1, -0.05) is 5.21 Å². The minimum atomic E-state index is -0.610. The van der Waals surface area contributed by atoms with E-state index in [9.17, 15) is 9.59 Å². The summed E-state index contributed by atoms with van der Waals surface area (Å²) in [5.41, 5.74) is 4.77. The smallest absolute Gasteiger partial charge is 0.410 e. The van der Waals surface area contributed by atoms with Crippen molar-refractivity contribution >= 4 is 12.0 Å². The van der Waals surface area contributed by atoms with Crippen molar-refractivity contribution in [3.8, 4) is 0 Å². The highest BCUT2D eigenvalue weighted by Crippen LogP contribution is 2.22. The van der Waals surface area contributed by atoms with Crippen LogP contribution in [0.4, 0.5) is 4.79 Å². The average Bonchev–Trinajstić information content (AvgIpc) is 2.86. The quantitative estimate of drug-likeness (QED) is 0.874. The lowest BCUT2D eigenvalue weighted by molar-refractivity contribution is 0.0166. The third-order valence-electron chi connectivity index (χ3n) is 3.19. The third kappa shape index (κ3) is 3.93. The number of likely N-dealkylation sites (tertiary alicyclic amines) is 1. The van der Waals surface area contributed by atoms with Crippen molar-refractivity contribution in [1.82, 2.24) is 19.9 Å². The zero-order valence-corrected chi connectivity index (χ0v) is 12.6. The van der Waals surface area contributed by atoms with Gasteiger partial charge in [0, 0.05) is 13.1 Å². The summed E-state index contributed by atoms with van der Waals surface area (Å²) in [6.45, 7) is 6.65. The highest BCUT2D eigenvalue weighted by molar-refractivity contribution is 5.90. The topological polar surface area (TPSA) is 103 Å². The van der Waals surface area contributed by atoms with Crippen LogP contribution >= 0.6 is 0 Å². The number of primary amides is 1. The minimum absolute atomic E-state index is 0.0214. The van der Waals surface area contributed by atoms with Gasteiger partial charge in [-0.3, -0.25) is 4.79 Å². The van der Waals surface area contributed by atoms with Gasteiger partial charge in [-0.2, -0.15) is 0 Å². The lowest BCUT2D eigenvalue weighted by atomic mass is 10.1. The summed E-state index contributed by atoms with van der Waals surface area (Å²) >= 11 is 0. The van der Waals surface area contributed by atoms with E-state index in [1.807, 2.05) is 20.8 Å². The second-order valence-electron chi connectivity index (χ2n) is 6.17. The summed E-state index contributed by atoms with van der Waals surface area (Å²) < 4.78 is 6.97. The third-order valence-corrected chi connectivity index (χ3v) is 3.19. The molecule has 116 valence electrons. The number of nitrogens with two attached hydrogens (primary N) is 1. The highest BCUT2D eigenvalue weighted by atomic mass is 16.6. The van der Waals surface area contributed by atoms with E-state index in [4.69, 9.17) is 10.5 Å². The lowest BCUT2D eigenvalue weighted by Crippen LogP contribution is -2.43. The Labute approximate surface area is 123 Å². The molecule has 1 aromatic rings. The number of rotatable bonds is 2. The van der Waals surface area contributed by atoms with Crippen molar-refractivity contribution in [2.24, 2.45) is 5.73 Å². The van der Waals surface area contributed by atoms with Crippen molar-refractivity contribution in [2.45, 2.75) is 45.3 Å². The van der Waals surface area contributed by atoms with Crippen molar-refractivity contribution in [3.63, 3.8) is 0 Å². The van der Waals surface area contributed by atoms with Crippen LogP contribution in [0.5, 0.6) is 0 Å². The van der Waals surface area contributed by atoms with E-state index in [-0.39, 0.29) is 17.8 Å². The van der Waals surface area contributed by atoms with Crippen LogP contribution in [-0.4, -0.2) is 50.6 Å². The predicted molar refractivity (Wildman–Crippen MR) is 74.6 cm³/mol. The number of aromatic nitrogens is 3. The molecular weight excluding hydrogens is 274 g/mol. The molecule has 2 rings (SSSR count). The molecule has 0 bridgehead atoms. The van der Waals surface area contributed by atoms with Crippen molar-refractivity contribution in [1.29, 1.82) is 0 Å². The van der Waals surface area contributed by atoms with Crippen LogP contribution < -0.4 is 5.73 Å². The van der Waals surface area contributed by atoms with E-state index in [1.54, 1.807) is 9.58 Å². The van der Waals surface area contributed by atoms with Gasteiger partial charge in [-0.25, -0.2) is 9.48 Å². The summed E-state index contributed by atoms with van der Waals surface area (Å²) in [5, 5.41) is 7.64. The molecule has 0 saturated carbocycles. The molecule has 0 aromatic carbocycles. The number of hydrogen-bond acceptors (Lipinski definition) is 5. The van der Waals surface area contributed by atoms with Crippen LogP contribution in [0.25, 0.3) is 0 Å². The van der Waals surface area contributed by atoms with Gasteiger partial charge in [0.25, 0.3) is 5.91 Å².